The van der Waals surface area contributed by atoms with E-state index in [4.69, 9.17) is 26.2 Å². The van der Waals surface area contributed by atoms with Crippen LogP contribution in [-0.2, 0) is 14.2 Å². The number of nitrogens with one attached hydrogen (secondary N) is 1. The van der Waals surface area contributed by atoms with Gasteiger partial charge in [0, 0.05) is 0 Å². The highest BCUT2D eigenvalue weighted by atomic mass is 16.7. The van der Waals surface area contributed by atoms with Gasteiger partial charge in [-0.2, -0.15) is 0 Å². The lowest BCUT2D eigenvalue weighted by molar-refractivity contribution is -0.302. The molecule has 0 saturated carbocycles. The third-order valence-corrected chi connectivity index (χ3v) is 3.84. The Morgan fingerprint density at radius 1 is 1.24 bits per heavy atom. The molecule has 2 radical (unpaired) electrons. The van der Waals surface area contributed by atoms with Gasteiger partial charge in [0.25, 0.3) is 0 Å². The summed E-state index contributed by atoms with van der Waals surface area (Å²) in [6.45, 7) is 6.62. The summed E-state index contributed by atoms with van der Waals surface area (Å²) >= 11 is 0. The Kier molecular flexibility index (Phi) is 10.7. The van der Waals surface area contributed by atoms with Gasteiger partial charge >= 0.3 is 0 Å². The topological polar surface area (TPSA) is 141 Å². The smallest absolute Gasteiger partial charge is 0.186 e. The summed E-state index contributed by atoms with van der Waals surface area (Å²) in [5.74, 6) is 0. The predicted molar refractivity (Wildman–Crippen MR) is 87.2 cm³/mol. The average molecular weight is 363 g/mol. The van der Waals surface area contributed by atoms with Crippen molar-refractivity contribution < 1.29 is 39.7 Å². The van der Waals surface area contributed by atoms with Crippen LogP contribution >= 0.6 is 0 Å². The molecular formula is C16H29NO8. The quantitative estimate of drug-likeness (QED) is 0.137. The van der Waals surface area contributed by atoms with Crippen molar-refractivity contribution in [3.63, 3.8) is 0 Å². The average Bonchev–Trinajstić information content (AvgIpc) is 2.62. The molecule has 1 fully saturated rings. The number of hydrogen-bond acceptors (Lipinski definition) is 9. The van der Waals surface area contributed by atoms with Gasteiger partial charge in [-0.3, -0.25) is 5.32 Å². The van der Waals surface area contributed by atoms with Gasteiger partial charge in [0.1, 0.15) is 24.4 Å². The summed E-state index contributed by atoms with van der Waals surface area (Å²) in [6.07, 6.45) is -3.56. The maximum absolute atomic E-state index is 10.2. The van der Waals surface area contributed by atoms with Crippen LogP contribution in [0.4, 0.5) is 0 Å². The molecule has 0 bridgehead atoms. The Bertz CT molecular complexity index is 381. The largest absolute Gasteiger partial charge is 0.394 e. The fourth-order valence-corrected chi connectivity index (χ4v) is 2.32. The number of aliphatic hydroxyl groups is 5. The summed E-state index contributed by atoms with van der Waals surface area (Å²) in [4.78, 5) is 0. The molecule has 1 saturated heterocycles. The number of rotatable bonds is 11. The zero-order valence-corrected chi connectivity index (χ0v) is 14.3. The molecule has 1 aliphatic heterocycles. The van der Waals surface area contributed by atoms with Crippen LogP contribution in [0, 0.1) is 6.92 Å². The number of ether oxygens (including phenoxy) is 3. The molecule has 1 rings (SSSR count). The van der Waals surface area contributed by atoms with E-state index in [0.29, 0.717) is 0 Å². The molecule has 5 unspecified atom stereocenters. The lowest BCUT2D eigenvalue weighted by Crippen LogP contribution is -2.59. The van der Waals surface area contributed by atoms with Crippen molar-refractivity contribution in [3.8, 4) is 0 Å². The summed E-state index contributed by atoms with van der Waals surface area (Å²) in [5.41, 5.74) is 0. The maximum atomic E-state index is 10.2. The second-order valence-corrected chi connectivity index (χ2v) is 5.68. The monoisotopic (exact) mass is 363 g/mol. The number of aliphatic hydroxyl groups excluding tert-OH is 5. The molecule has 0 aromatic carbocycles. The summed E-state index contributed by atoms with van der Waals surface area (Å²) in [5, 5.41) is 51.7. The first-order valence-corrected chi connectivity index (χ1v) is 8.24. The SMILES string of the molecule is [CH]COCNC(CO[C@@H]1OC(CO)[C@H](O)C(O)C1O)C(O)/C=C/CC. The summed E-state index contributed by atoms with van der Waals surface area (Å²) in [7, 11) is 0. The van der Waals surface area contributed by atoms with E-state index in [1.54, 1.807) is 12.2 Å². The molecule has 9 heteroatoms. The van der Waals surface area contributed by atoms with Gasteiger partial charge in [0.2, 0.25) is 0 Å². The second-order valence-electron chi connectivity index (χ2n) is 5.68. The molecule has 0 aromatic heterocycles. The van der Waals surface area contributed by atoms with Crippen molar-refractivity contribution in [2.75, 3.05) is 26.6 Å². The van der Waals surface area contributed by atoms with Crippen molar-refractivity contribution in [3.05, 3.63) is 19.1 Å². The molecule has 0 amide bonds. The van der Waals surface area contributed by atoms with Crippen LogP contribution in [0.5, 0.6) is 0 Å². The molecule has 1 aliphatic rings. The van der Waals surface area contributed by atoms with E-state index >= 15 is 0 Å². The van der Waals surface area contributed by atoms with Crippen LogP contribution < -0.4 is 5.32 Å². The highest BCUT2D eigenvalue weighted by Crippen LogP contribution is 2.22. The van der Waals surface area contributed by atoms with Gasteiger partial charge in [-0.25, -0.2) is 0 Å². The molecule has 0 aromatic rings. The second kappa shape index (κ2) is 11.9. The standard InChI is InChI=1S/C16H29NO8/c1-3-5-6-11(19)10(17-9-23-4-2)8-24-16-15(22)14(21)13(20)12(7-18)25-16/h2,5-6,10-22H,3-4,7-9H2,1H3/b6-5+/t10?,11?,12?,13-,14?,15?,16+/m0/s1. The normalized spacial score (nSPS) is 32.8. The van der Waals surface area contributed by atoms with E-state index in [2.05, 4.69) is 5.32 Å². The Balaban J connectivity index is 2.64. The summed E-state index contributed by atoms with van der Waals surface area (Å²) < 4.78 is 15.7. The number of allylic oxidation sites excluding steroid dienone is 1. The first-order chi connectivity index (χ1) is 12.0. The predicted octanol–water partition coefficient (Wildman–Crippen LogP) is -2.23. The lowest BCUT2D eigenvalue weighted by atomic mass is 9.99. The molecule has 7 atom stereocenters. The van der Waals surface area contributed by atoms with Crippen molar-refractivity contribution in [1.29, 1.82) is 0 Å². The molecule has 25 heavy (non-hydrogen) atoms. The molecule has 146 valence electrons. The van der Waals surface area contributed by atoms with Crippen LogP contribution in [0.15, 0.2) is 12.2 Å². The minimum atomic E-state index is -1.52. The Hall–Kier alpha value is -0.620. The van der Waals surface area contributed by atoms with Gasteiger partial charge < -0.3 is 39.7 Å². The zero-order chi connectivity index (χ0) is 18.8. The molecule has 6 N–H and O–H groups in total. The van der Waals surface area contributed by atoms with Crippen molar-refractivity contribution in [2.45, 2.75) is 56.2 Å². The van der Waals surface area contributed by atoms with E-state index in [9.17, 15) is 20.4 Å². The first kappa shape index (κ1) is 22.4. The molecule has 9 nitrogen and oxygen atoms in total. The summed E-state index contributed by atoms with van der Waals surface area (Å²) in [6, 6.07) is -0.596. The Labute approximate surface area is 147 Å². The lowest BCUT2D eigenvalue weighted by Gasteiger charge is -2.40. The van der Waals surface area contributed by atoms with E-state index in [0.717, 1.165) is 6.42 Å². The fraction of sp³-hybridized carbons (Fsp3) is 0.812. The molecule has 1 heterocycles. The fourth-order valence-electron chi connectivity index (χ4n) is 2.32. The van der Waals surface area contributed by atoms with Crippen LogP contribution in [0.25, 0.3) is 0 Å². The Morgan fingerprint density at radius 2 is 1.96 bits per heavy atom. The first-order valence-electron chi connectivity index (χ1n) is 8.24. The highest BCUT2D eigenvalue weighted by molar-refractivity contribution is 4.95. The zero-order valence-electron chi connectivity index (χ0n) is 14.3. The Morgan fingerprint density at radius 3 is 2.56 bits per heavy atom. The van der Waals surface area contributed by atoms with Crippen molar-refractivity contribution in [2.24, 2.45) is 0 Å². The maximum Gasteiger partial charge on any atom is 0.186 e. The third kappa shape index (κ3) is 6.89. The van der Waals surface area contributed by atoms with Gasteiger partial charge in [-0.1, -0.05) is 19.1 Å². The third-order valence-electron chi connectivity index (χ3n) is 3.84. The van der Waals surface area contributed by atoms with Crippen LogP contribution in [0.3, 0.4) is 0 Å². The minimum Gasteiger partial charge on any atom is -0.394 e. The minimum absolute atomic E-state index is 0.00812. The van der Waals surface area contributed by atoms with Gasteiger partial charge in [-0.05, 0) is 13.3 Å². The van der Waals surface area contributed by atoms with Crippen molar-refractivity contribution >= 4 is 0 Å². The van der Waals surface area contributed by atoms with Gasteiger partial charge in [0.05, 0.1) is 38.7 Å². The molecule has 0 aliphatic carbocycles. The number of hydrogen-bond donors (Lipinski definition) is 6. The van der Waals surface area contributed by atoms with Gasteiger partial charge in [-0.15, -0.1) is 0 Å². The molecular weight excluding hydrogens is 334 g/mol. The highest BCUT2D eigenvalue weighted by Gasteiger charge is 2.44. The van der Waals surface area contributed by atoms with Crippen LogP contribution in [0.2, 0.25) is 0 Å². The van der Waals surface area contributed by atoms with Crippen LogP contribution in [0.1, 0.15) is 13.3 Å². The van der Waals surface area contributed by atoms with E-state index in [1.807, 2.05) is 6.92 Å². The van der Waals surface area contributed by atoms with E-state index in [1.165, 1.54) is 0 Å². The van der Waals surface area contributed by atoms with Gasteiger partial charge in [0.15, 0.2) is 6.29 Å². The molecule has 0 spiro atoms. The van der Waals surface area contributed by atoms with Crippen molar-refractivity contribution in [1.82, 2.24) is 5.32 Å². The van der Waals surface area contributed by atoms with E-state index in [-0.39, 0.29) is 19.9 Å². The van der Waals surface area contributed by atoms with E-state index < -0.39 is 49.5 Å². The van der Waals surface area contributed by atoms with Crippen LogP contribution in [-0.4, -0.2) is 94.9 Å².